The van der Waals surface area contributed by atoms with Crippen LogP contribution < -0.4 is 24.4 Å². The first-order valence-corrected chi connectivity index (χ1v) is 9.06. The van der Waals surface area contributed by atoms with Crippen molar-refractivity contribution in [2.45, 2.75) is 19.4 Å². The number of rotatable bonds is 6. The second-order valence-corrected chi connectivity index (χ2v) is 6.43. The molecule has 0 fully saturated rings. The minimum atomic E-state index is -0.746. The molecule has 1 N–H and O–H groups in total. The van der Waals surface area contributed by atoms with Gasteiger partial charge < -0.3 is 24.4 Å². The Morgan fingerprint density at radius 3 is 2.61 bits per heavy atom. The molecule has 0 spiro atoms. The van der Waals surface area contributed by atoms with Gasteiger partial charge in [0.15, 0.2) is 17.6 Å². The lowest BCUT2D eigenvalue weighted by molar-refractivity contribution is -0.128. The Morgan fingerprint density at radius 1 is 1.14 bits per heavy atom. The highest BCUT2D eigenvalue weighted by Crippen LogP contribution is 2.33. The molecule has 2 aromatic carbocycles. The van der Waals surface area contributed by atoms with Gasteiger partial charge in [0.05, 0.1) is 26.5 Å². The molecule has 3 rings (SSSR count). The Bertz CT molecular complexity index is 868. The Morgan fingerprint density at radius 2 is 1.89 bits per heavy atom. The molecule has 2 aromatic rings. The lowest BCUT2D eigenvalue weighted by Gasteiger charge is -2.33. The fraction of sp³-hybridized carbons (Fsp3) is 0.333. The van der Waals surface area contributed by atoms with Crippen molar-refractivity contribution >= 4 is 17.5 Å². The third kappa shape index (κ3) is 4.19. The largest absolute Gasteiger partial charge is 0.493 e. The van der Waals surface area contributed by atoms with Crippen molar-refractivity contribution in [1.82, 2.24) is 5.32 Å². The third-order valence-electron chi connectivity index (χ3n) is 4.61. The molecule has 7 nitrogen and oxygen atoms in total. The molecule has 0 radical (unpaired) electrons. The van der Waals surface area contributed by atoms with Gasteiger partial charge in [-0.2, -0.15) is 0 Å². The van der Waals surface area contributed by atoms with E-state index in [1.54, 1.807) is 25.2 Å². The summed E-state index contributed by atoms with van der Waals surface area (Å²) in [7, 11) is 3.17. The van der Waals surface area contributed by atoms with Crippen LogP contribution in [0.25, 0.3) is 0 Å². The number of benzene rings is 2. The highest BCUT2D eigenvalue weighted by atomic mass is 16.5. The zero-order chi connectivity index (χ0) is 20.1. The van der Waals surface area contributed by atoms with Crippen LogP contribution in [0.2, 0.25) is 0 Å². The number of nitrogens with one attached hydrogen (secondary N) is 1. The number of anilines is 1. The fourth-order valence-electron chi connectivity index (χ4n) is 3.15. The maximum absolute atomic E-state index is 12.6. The lowest BCUT2D eigenvalue weighted by atomic mass is 10.1. The number of carbonyl (C=O) groups excluding carboxylic acids is 2. The van der Waals surface area contributed by atoms with Crippen LogP contribution in [0.15, 0.2) is 42.5 Å². The normalized spacial score (nSPS) is 15.2. The van der Waals surface area contributed by atoms with Gasteiger partial charge in [0.1, 0.15) is 5.75 Å². The molecule has 0 saturated heterocycles. The smallest absolute Gasteiger partial charge is 0.262 e. The molecule has 7 heteroatoms. The standard InChI is InChI=1S/C21H24N2O5/c1-14(24)23-13-20(28-17-7-5-4-6-16(17)23)21(25)22-11-10-15-8-9-18(26-2)19(12-15)27-3/h4-9,12,20H,10-11,13H2,1-3H3,(H,22,25)/t20-/m0/s1. The van der Waals surface area contributed by atoms with Gasteiger partial charge in [-0.15, -0.1) is 0 Å². The van der Waals surface area contributed by atoms with Gasteiger partial charge in [0.2, 0.25) is 5.91 Å². The van der Waals surface area contributed by atoms with Crippen LogP contribution in [-0.4, -0.2) is 45.2 Å². The SMILES string of the molecule is COc1ccc(CCNC(=O)[C@@H]2CN(C(C)=O)c3ccccc3O2)cc1OC. The summed E-state index contributed by atoms with van der Waals surface area (Å²) in [5.41, 5.74) is 1.70. The minimum absolute atomic E-state index is 0.126. The van der Waals surface area contributed by atoms with E-state index in [1.165, 1.54) is 6.92 Å². The predicted octanol–water partition coefficient (Wildman–Crippen LogP) is 2.18. The zero-order valence-electron chi connectivity index (χ0n) is 16.2. The first kappa shape index (κ1) is 19.5. The van der Waals surface area contributed by atoms with E-state index in [4.69, 9.17) is 14.2 Å². The van der Waals surface area contributed by atoms with Gasteiger partial charge in [-0.3, -0.25) is 9.59 Å². The Hall–Kier alpha value is -3.22. The van der Waals surface area contributed by atoms with Crippen LogP contribution in [0, 0.1) is 0 Å². The van der Waals surface area contributed by atoms with Gasteiger partial charge in [-0.1, -0.05) is 18.2 Å². The first-order chi connectivity index (χ1) is 13.5. The van der Waals surface area contributed by atoms with Crippen LogP contribution in [-0.2, 0) is 16.0 Å². The minimum Gasteiger partial charge on any atom is -0.493 e. The van der Waals surface area contributed by atoms with E-state index in [-0.39, 0.29) is 18.4 Å². The average Bonchev–Trinajstić information content (AvgIpc) is 2.72. The molecule has 0 saturated carbocycles. The number of para-hydroxylation sites is 2. The molecule has 0 unspecified atom stereocenters. The number of hydrogen-bond donors (Lipinski definition) is 1. The molecule has 28 heavy (non-hydrogen) atoms. The molecular weight excluding hydrogens is 360 g/mol. The van der Waals surface area contributed by atoms with Gasteiger partial charge in [0.25, 0.3) is 5.91 Å². The highest BCUT2D eigenvalue weighted by Gasteiger charge is 2.32. The molecule has 1 aliphatic heterocycles. The van der Waals surface area contributed by atoms with Crippen LogP contribution in [0.4, 0.5) is 5.69 Å². The number of fused-ring (bicyclic) bond motifs is 1. The predicted molar refractivity (Wildman–Crippen MR) is 105 cm³/mol. The fourth-order valence-corrected chi connectivity index (χ4v) is 3.15. The van der Waals surface area contributed by atoms with E-state index in [0.29, 0.717) is 35.9 Å². The van der Waals surface area contributed by atoms with Crippen molar-refractivity contribution in [2.75, 3.05) is 32.2 Å². The maximum atomic E-state index is 12.6. The molecule has 0 bridgehead atoms. The number of amides is 2. The van der Waals surface area contributed by atoms with Gasteiger partial charge in [-0.05, 0) is 36.2 Å². The first-order valence-electron chi connectivity index (χ1n) is 9.06. The number of hydrogen-bond acceptors (Lipinski definition) is 5. The molecule has 1 aliphatic rings. The molecule has 2 amide bonds. The summed E-state index contributed by atoms with van der Waals surface area (Å²) in [6.07, 6.45) is -0.115. The van der Waals surface area contributed by atoms with Crippen molar-refractivity contribution in [3.8, 4) is 17.2 Å². The maximum Gasteiger partial charge on any atom is 0.262 e. The molecule has 0 aromatic heterocycles. The van der Waals surface area contributed by atoms with E-state index < -0.39 is 6.10 Å². The van der Waals surface area contributed by atoms with Crippen molar-refractivity contribution in [1.29, 1.82) is 0 Å². The summed E-state index contributed by atoms with van der Waals surface area (Å²) in [5.74, 6) is 1.47. The van der Waals surface area contributed by atoms with Gasteiger partial charge >= 0.3 is 0 Å². The lowest BCUT2D eigenvalue weighted by Crippen LogP contribution is -2.50. The summed E-state index contributed by atoms with van der Waals surface area (Å²) in [5, 5.41) is 2.88. The Balaban J connectivity index is 1.60. The quantitative estimate of drug-likeness (QED) is 0.826. The summed E-state index contributed by atoms with van der Waals surface area (Å²) >= 11 is 0. The van der Waals surface area contributed by atoms with E-state index in [0.717, 1.165) is 5.56 Å². The topological polar surface area (TPSA) is 77.1 Å². The average molecular weight is 384 g/mol. The van der Waals surface area contributed by atoms with Gasteiger partial charge in [0, 0.05) is 13.5 Å². The summed E-state index contributed by atoms with van der Waals surface area (Å²) in [6.45, 7) is 2.11. The third-order valence-corrected chi connectivity index (χ3v) is 4.61. The Kier molecular flexibility index (Phi) is 6.03. The zero-order valence-corrected chi connectivity index (χ0v) is 16.2. The van der Waals surface area contributed by atoms with Crippen LogP contribution in [0.3, 0.4) is 0 Å². The van der Waals surface area contributed by atoms with E-state index in [1.807, 2.05) is 36.4 Å². The van der Waals surface area contributed by atoms with Crippen molar-refractivity contribution < 1.29 is 23.8 Å². The molecular formula is C21H24N2O5. The second-order valence-electron chi connectivity index (χ2n) is 6.43. The summed E-state index contributed by atoms with van der Waals surface area (Å²) in [4.78, 5) is 26.1. The number of methoxy groups -OCH3 is 2. The van der Waals surface area contributed by atoms with Crippen molar-refractivity contribution in [3.05, 3.63) is 48.0 Å². The molecule has 1 heterocycles. The van der Waals surface area contributed by atoms with Gasteiger partial charge in [-0.25, -0.2) is 0 Å². The molecule has 1 atom stereocenters. The number of nitrogens with zero attached hydrogens (tertiary/aromatic N) is 1. The summed E-state index contributed by atoms with van der Waals surface area (Å²) in [6, 6.07) is 12.9. The van der Waals surface area contributed by atoms with E-state index in [2.05, 4.69) is 5.32 Å². The van der Waals surface area contributed by atoms with Crippen molar-refractivity contribution in [3.63, 3.8) is 0 Å². The summed E-state index contributed by atoms with van der Waals surface area (Å²) < 4.78 is 16.3. The molecule has 0 aliphatic carbocycles. The van der Waals surface area contributed by atoms with E-state index >= 15 is 0 Å². The number of ether oxygens (including phenoxy) is 3. The van der Waals surface area contributed by atoms with Crippen LogP contribution in [0.1, 0.15) is 12.5 Å². The second kappa shape index (κ2) is 8.65. The van der Waals surface area contributed by atoms with Crippen molar-refractivity contribution in [2.24, 2.45) is 0 Å². The van der Waals surface area contributed by atoms with E-state index in [9.17, 15) is 9.59 Å². The Labute approximate surface area is 164 Å². The van der Waals surface area contributed by atoms with Crippen LogP contribution >= 0.6 is 0 Å². The number of carbonyl (C=O) groups is 2. The monoisotopic (exact) mass is 384 g/mol. The molecule has 148 valence electrons. The van der Waals surface area contributed by atoms with Crippen LogP contribution in [0.5, 0.6) is 17.2 Å². The highest BCUT2D eigenvalue weighted by molar-refractivity contribution is 5.95.